The van der Waals surface area contributed by atoms with Crippen molar-refractivity contribution in [1.29, 1.82) is 0 Å². The van der Waals surface area contributed by atoms with Gasteiger partial charge in [-0.05, 0) is 24.5 Å². The predicted molar refractivity (Wildman–Crippen MR) is 126 cm³/mol. The van der Waals surface area contributed by atoms with Crippen LogP contribution in [0.5, 0.6) is 11.5 Å². The van der Waals surface area contributed by atoms with Gasteiger partial charge in [-0.15, -0.1) is 0 Å². The van der Waals surface area contributed by atoms with Crippen molar-refractivity contribution in [2.24, 2.45) is 0 Å². The van der Waals surface area contributed by atoms with Gasteiger partial charge in [0.15, 0.2) is 11.5 Å². The smallest absolute Gasteiger partial charge is 0.411 e. The summed E-state index contributed by atoms with van der Waals surface area (Å²) >= 11 is 0. The molecule has 0 aromatic heterocycles. The number of nitrogens with one attached hydrogen (secondary N) is 1. The maximum atomic E-state index is 13.4. The summed E-state index contributed by atoms with van der Waals surface area (Å²) in [6.45, 7) is 10.7. The summed E-state index contributed by atoms with van der Waals surface area (Å²) < 4.78 is 27.8. The summed E-state index contributed by atoms with van der Waals surface area (Å²) in [5, 5.41) is 3.17. The topological polar surface area (TPSA) is 113 Å². The Morgan fingerprint density at radius 1 is 1.23 bits per heavy atom. The Balaban J connectivity index is 2.21. The standard InChI is InChI=1S/C25H32N2O8/c1-6-8-32-24-21-17(10-15(3)23(24)31-5)11-18(13-34-16(4)28)27(25(30)33-9-7-2)22(21)19-14-35-20(29)12-26-19/h6-7,10,18-19,22,26H,1-2,8-9,11-14H2,3-5H3/t18-,19?,22-/m0/s1. The van der Waals surface area contributed by atoms with Gasteiger partial charge in [0.2, 0.25) is 0 Å². The molecule has 190 valence electrons. The van der Waals surface area contributed by atoms with Gasteiger partial charge in [0, 0.05) is 12.5 Å². The first-order chi connectivity index (χ1) is 16.8. The number of morpholine rings is 1. The number of hydrogen-bond donors (Lipinski definition) is 1. The molecule has 0 saturated carbocycles. The molecule has 0 radical (unpaired) electrons. The van der Waals surface area contributed by atoms with Crippen molar-refractivity contribution in [3.05, 3.63) is 48.1 Å². The fraction of sp³-hybridized carbons (Fsp3) is 0.480. The molecule has 1 unspecified atom stereocenters. The number of rotatable bonds is 9. The Morgan fingerprint density at radius 3 is 2.57 bits per heavy atom. The fourth-order valence-corrected chi connectivity index (χ4v) is 4.53. The van der Waals surface area contributed by atoms with Crippen LogP contribution in [-0.4, -0.2) is 75.1 Å². The van der Waals surface area contributed by atoms with Crippen LogP contribution in [0.25, 0.3) is 0 Å². The van der Waals surface area contributed by atoms with Crippen LogP contribution in [0.4, 0.5) is 4.79 Å². The minimum atomic E-state index is -0.681. The van der Waals surface area contributed by atoms with Gasteiger partial charge in [-0.25, -0.2) is 4.79 Å². The van der Waals surface area contributed by atoms with Crippen molar-refractivity contribution in [1.82, 2.24) is 10.2 Å². The first kappa shape index (κ1) is 26.1. The molecule has 2 aliphatic heterocycles. The van der Waals surface area contributed by atoms with Crippen LogP contribution in [0.2, 0.25) is 0 Å². The van der Waals surface area contributed by atoms with Crippen molar-refractivity contribution >= 4 is 18.0 Å². The van der Waals surface area contributed by atoms with Gasteiger partial charge in [0.1, 0.15) is 26.4 Å². The third-order valence-electron chi connectivity index (χ3n) is 5.87. The lowest BCUT2D eigenvalue weighted by Gasteiger charge is -2.46. The van der Waals surface area contributed by atoms with Gasteiger partial charge >= 0.3 is 18.0 Å². The Bertz CT molecular complexity index is 982. The first-order valence-electron chi connectivity index (χ1n) is 11.3. The molecule has 3 atom stereocenters. The highest BCUT2D eigenvalue weighted by atomic mass is 16.6. The maximum absolute atomic E-state index is 13.4. The van der Waals surface area contributed by atoms with Gasteiger partial charge in [-0.3, -0.25) is 19.8 Å². The number of hydrogen-bond acceptors (Lipinski definition) is 9. The lowest BCUT2D eigenvalue weighted by molar-refractivity contribution is -0.149. The molecular formula is C25H32N2O8. The molecular weight excluding hydrogens is 456 g/mol. The normalized spacial score (nSPS) is 21.3. The number of fused-ring (bicyclic) bond motifs is 1. The van der Waals surface area contributed by atoms with Gasteiger partial charge in [0.25, 0.3) is 0 Å². The quantitative estimate of drug-likeness (QED) is 0.318. The predicted octanol–water partition coefficient (Wildman–Crippen LogP) is 2.24. The van der Waals surface area contributed by atoms with Crippen LogP contribution < -0.4 is 14.8 Å². The minimum Gasteiger partial charge on any atom is -0.493 e. The van der Waals surface area contributed by atoms with E-state index in [1.807, 2.05) is 13.0 Å². The largest absolute Gasteiger partial charge is 0.493 e. The molecule has 0 spiro atoms. The van der Waals surface area contributed by atoms with Gasteiger partial charge in [-0.2, -0.15) is 0 Å². The van der Waals surface area contributed by atoms with Crippen LogP contribution in [0.1, 0.15) is 29.7 Å². The average molecular weight is 489 g/mol. The Kier molecular flexibility index (Phi) is 8.75. The summed E-state index contributed by atoms with van der Waals surface area (Å²) in [5.74, 6) is 0.149. The molecule has 2 aliphatic rings. The molecule has 1 amide bonds. The van der Waals surface area contributed by atoms with Gasteiger partial charge in [-0.1, -0.05) is 31.4 Å². The molecule has 2 heterocycles. The monoisotopic (exact) mass is 488 g/mol. The molecule has 10 heteroatoms. The number of esters is 2. The van der Waals surface area contributed by atoms with E-state index in [9.17, 15) is 14.4 Å². The third-order valence-corrected chi connectivity index (χ3v) is 5.87. The van der Waals surface area contributed by atoms with E-state index < -0.39 is 30.2 Å². The number of ether oxygens (including phenoxy) is 5. The zero-order valence-electron chi connectivity index (χ0n) is 20.3. The summed E-state index contributed by atoms with van der Waals surface area (Å²) in [6.07, 6.45) is 2.85. The summed E-state index contributed by atoms with van der Waals surface area (Å²) in [5.41, 5.74) is 2.45. The van der Waals surface area contributed by atoms with Crippen LogP contribution >= 0.6 is 0 Å². The van der Waals surface area contributed by atoms with E-state index >= 15 is 0 Å². The maximum Gasteiger partial charge on any atom is 0.411 e. The van der Waals surface area contributed by atoms with Crippen molar-refractivity contribution in [3.63, 3.8) is 0 Å². The Labute approximate surface area is 204 Å². The Morgan fingerprint density at radius 2 is 1.97 bits per heavy atom. The third kappa shape index (κ3) is 5.76. The average Bonchev–Trinajstić information content (AvgIpc) is 2.83. The van der Waals surface area contributed by atoms with E-state index in [1.165, 1.54) is 17.9 Å². The van der Waals surface area contributed by atoms with Crippen molar-refractivity contribution < 1.29 is 38.1 Å². The number of nitrogens with zero attached hydrogens (tertiary/aromatic N) is 1. The molecule has 3 rings (SSSR count). The van der Waals surface area contributed by atoms with Crippen LogP contribution in [-0.2, 0) is 30.2 Å². The molecule has 0 aliphatic carbocycles. The number of methoxy groups -OCH3 is 1. The number of cyclic esters (lactones) is 1. The van der Waals surface area contributed by atoms with Crippen LogP contribution in [0.15, 0.2) is 31.4 Å². The molecule has 1 aromatic rings. The SMILES string of the molecule is C=CCOC(=O)N1[C@H](COC(C)=O)Cc2cc(C)c(OC)c(OCC=C)c2[C@@H]1C1COC(=O)CN1. The van der Waals surface area contributed by atoms with Crippen LogP contribution in [0, 0.1) is 6.92 Å². The number of aryl methyl sites for hydroxylation is 1. The number of carbonyl (C=O) groups excluding carboxylic acids is 3. The number of benzene rings is 1. The second-order valence-corrected chi connectivity index (χ2v) is 8.28. The zero-order valence-corrected chi connectivity index (χ0v) is 20.3. The van der Waals surface area contributed by atoms with E-state index in [2.05, 4.69) is 18.5 Å². The highest BCUT2D eigenvalue weighted by Gasteiger charge is 2.46. The van der Waals surface area contributed by atoms with Gasteiger partial charge in [0.05, 0.1) is 31.8 Å². The molecule has 1 saturated heterocycles. The molecule has 1 aromatic carbocycles. The van der Waals surface area contributed by atoms with Gasteiger partial charge < -0.3 is 23.7 Å². The minimum absolute atomic E-state index is 0.000677. The van der Waals surface area contributed by atoms with Crippen LogP contribution in [0.3, 0.4) is 0 Å². The van der Waals surface area contributed by atoms with Crippen molar-refractivity contribution in [2.75, 3.05) is 40.1 Å². The zero-order chi connectivity index (χ0) is 25.5. The summed E-state index contributed by atoms with van der Waals surface area (Å²) in [6, 6.07) is 0.276. The number of amides is 1. The first-order valence-corrected chi connectivity index (χ1v) is 11.3. The lowest BCUT2D eigenvalue weighted by atomic mass is 9.83. The second kappa shape index (κ2) is 11.7. The lowest BCUT2D eigenvalue weighted by Crippen LogP contribution is -2.59. The second-order valence-electron chi connectivity index (χ2n) is 8.28. The molecule has 35 heavy (non-hydrogen) atoms. The highest BCUT2D eigenvalue weighted by Crippen LogP contribution is 2.47. The summed E-state index contributed by atoms with van der Waals surface area (Å²) in [7, 11) is 1.55. The Hall–Kier alpha value is -3.53. The van der Waals surface area contributed by atoms with E-state index in [-0.39, 0.29) is 38.9 Å². The van der Waals surface area contributed by atoms with E-state index in [0.717, 1.165) is 11.1 Å². The summed E-state index contributed by atoms with van der Waals surface area (Å²) in [4.78, 5) is 38.3. The highest BCUT2D eigenvalue weighted by molar-refractivity contribution is 5.74. The molecule has 1 fully saturated rings. The molecule has 1 N–H and O–H groups in total. The van der Waals surface area contributed by atoms with E-state index in [1.54, 1.807) is 13.2 Å². The van der Waals surface area contributed by atoms with E-state index in [0.29, 0.717) is 23.5 Å². The fourth-order valence-electron chi connectivity index (χ4n) is 4.53. The van der Waals surface area contributed by atoms with E-state index in [4.69, 9.17) is 23.7 Å². The van der Waals surface area contributed by atoms with Crippen molar-refractivity contribution in [3.8, 4) is 11.5 Å². The molecule has 10 nitrogen and oxygen atoms in total. The van der Waals surface area contributed by atoms with Crippen molar-refractivity contribution in [2.45, 2.75) is 38.4 Å². The molecule has 0 bridgehead atoms. The number of carbonyl (C=O) groups is 3.